The number of hydrogen-bond donors (Lipinski definition) is 6. The number of carboxylic acids is 2. The molecule has 2 rings (SSSR count). The van der Waals surface area contributed by atoms with Crippen LogP contribution in [0, 0.1) is 0 Å². The van der Waals surface area contributed by atoms with Gasteiger partial charge < -0.3 is 27.0 Å². The Morgan fingerprint density at radius 1 is 1.20 bits per heavy atom. The number of unbranched alkanes of at least 4 members (excludes halogenated alkanes) is 1. The lowest BCUT2D eigenvalue weighted by atomic mass is 10.1. The van der Waals surface area contributed by atoms with Gasteiger partial charge in [0.1, 0.15) is 11.9 Å². The second-order valence-electron chi connectivity index (χ2n) is 6.64. The number of nitrogen functional groups attached to an aromatic ring is 2. The Kier molecular flexibility index (Phi) is 7.92. The van der Waals surface area contributed by atoms with E-state index >= 15 is 0 Å². The van der Waals surface area contributed by atoms with E-state index in [0.29, 0.717) is 29.7 Å². The minimum absolute atomic E-state index is 0.0292. The number of aromatic nitrogens is 2. The number of carboxylic acid groups (broad SMARTS) is 2. The molecule has 11 nitrogen and oxygen atoms in total. The predicted octanol–water partition coefficient (Wildman–Crippen LogP) is 0.609. The number of carbonyl (C=O) groups excluding carboxylic acids is 1. The number of aromatic amines is 1. The lowest BCUT2D eigenvalue weighted by molar-refractivity contribution is -0.140. The molecule has 0 aliphatic heterocycles. The molecule has 0 saturated heterocycles. The van der Waals surface area contributed by atoms with Crippen molar-refractivity contribution < 1.29 is 24.6 Å². The molecule has 8 N–H and O–H groups in total. The molecule has 0 unspecified atom stereocenters. The zero-order valence-electron chi connectivity index (χ0n) is 16.0. The van der Waals surface area contributed by atoms with Crippen molar-refractivity contribution >= 4 is 40.9 Å². The Labute approximate surface area is 175 Å². The molecular formula is C18H23N5O6S. The van der Waals surface area contributed by atoms with E-state index in [9.17, 15) is 19.2 Å². The number of anilines is 2. The first-order valence-electron chi connectivity index (χ1n) is 9.14. The fourth-order valence-corrected chi connectivity index (χ4v) is 3.64. The summed E-state index contributed by atoms with van der Waals surface area (Å²) in [5.41, 5.74) is 12.1. The smallest absolute Gasteiger partial charge is 0.326 e. The predicted molar refractivity (Wildman–Crippen MR) is 110 cm³/mol. The fraction of sp³-hybridized carbons (Fsp3) is 0.389. The van der Waals surface area contributed by atoms with Gasteiger partial charge in [0.2, 0.25) is 5.95 Å². The number of aliphatic carboxylic acids is 2. The van der Waals surface area contributed by atoms with Crippen LogP contribution in [0.1, 0.15) is 46.5 Å². The molecule has 12 heteroatoms. The summed E-state index contributed by atoms with van der Waals surface area (Å²) in [4.78, 5) is 52.5. The molecule has 0 aromatic carbocycles. The van der Waals surface area contributed by atoms with E-state index < -0.39 is 23.9 Å². The van der Waals surface area contributed by atoms with Gasteiger partial charge in [-0.3, -0.25) is 19.4 Å². The van der Waals surface area contributed by atoms with E-state index in [1.165, 1.54) is 11.3 Å². The second-order valence-corrected chi connectivity index (χ2v) is 7.55. The highest BCUT2D eigenvalue weighted by Crippen LogP contribution is 2.18. The maximum absolute atomic E-state index is 12.3. The van der Waals surface area contributed by atoms with Crippen molar-refractivity contribution in [2.24, 2.45) is 0 Å². The first kappa shape index (κ1) is 22.9. The molecule has 0 spiro atoms. The molecule has 0 aliphatic rings. The summed E-state index contributed by atoms with van der Waals surface area (Å²) in [7, 11) is 0. The average Bonchev–Trinajstić information content (AvgIpc) is 3.12. The summed E-state index contributed by atoms with van der Waals surface area (Å²) >= 11 is 1.18. The third-order valence-corrected chi connectivity index (χ3v) is 5.31. The number of carbonyl (C=O) groups is 3. The van der Waals surface area contributed by atoms with Gasteiger partial charge in [-0.2, -0.15) is 4.98 Å². The largest absolute Gasteiger partial charge is 0.481 e. The van der Waals surface area contributed by atoms with Gasteiger partial charge in [0.05, 0.1) is 10.4 Å². The first-order valence-corrected chi connectivity index (χ1v) is 10.0. The van der Waals surface area contributed by atoms with Gasteiger partial charge in [-0.1, -0.05) is 0 Å². The maximum atomic E-state index is 12.3. The molecule has 0 radical (unpaired) electrons. The van der Waals surface area contributed by atoms with Crippen LogP contribution in [0.25, 0.3) is 0 Å². The summed E-state index contributed by atoms with van der Waals surface area (Å²) in [6.45, 7) is 0. The standard InChI is InChI=1S/C18H23N5O6S/c19-14-10(15(26)23-18(20)22-14)4-2-1-3-9-7-12(30-8-9)16(27)21-11(17(28)29)5-6-13(24)25/h7-8,11H,1-6H2,(H,21,27)(H,24,25)(H,28,29)(H5,19,20,22,23,26)/t11-/m0/s1. The van der Waals surface area contributed by atoms with Crippen LogP contribution in [0.3, 0.4) is 0 Å². The number of nitrogens with two attached hydrogens (primary N) is 2. The van der Waals surface area contributed by atoms with Gasteiger partial charge in [0.15, 0.2) is 0 Å². The average molecular weight is 437 g/mol. The van der Waals surface area contributed by atoms with Crippen LogP contribution in [-0.4, -0.2) is 44.1 Å². The fourth-order valence-electron chi connectivity index (χ4n) is 2.79. The van der Waals surface area contributed by atoms with E-state index in [0.717, 1.165) is 12.0 Å². The molecule has 0 fully saturated rings. The van der Waals surface area contributed by atoms with E-state index in [2.05, 4.69) is 15.3 Å². The lowest BCUT2D eigenvalue weighted by Crippen LogP contribution is -2.40. The van der Waals surface area contributed by atoms with Gasteiger partial charge in [-0.15, -0.1) is 11.3 Å². The monoisotopic (exact) mass is 437 g/mol. The molecular weight excluding hydrogens is 414 g/mol. The van der Waals surface area contributed by atoms with Crippen molar-refractivity contribution in [2.45, 2.75) is 44.6 Å². The third kappa shape index (κ3) is 6.58. The van der Waals surface area contributed by atoms with Crippen LogP contribution in [-0.2, 0) is 22.4 Å². The van der Waals surface area contributed by atoms with Crippen LogP contribution in [0.2, 0.25) is 0 Å². The number of nitrogens with one attached hydrogen (secondary N) is 2. The molecule has 2 heterocycles. The van der Waals surface area contributed by atoms with Gasteiger partial charge in [-0.05, 0) is 49.1 Å². The zero-order valence-corrected chi connectivity index (χ0v) is 16.8. The molecule has 2 aromatic heterocycles. The summed E-state index contributed by atoms with van der Waals surface area (Å²) in [6, 6.07) is 0.401. The van der Waals surface area contributed by atoms with Gasteiger partial charge >= 0.3 is 11.9 Å². The van der Waals surface area contributed by atoms with Gasteiger partial charge in [0.25, 0.3) is 11.5 Å². The second kappa shape index (κ2) is 10.4. The molecule has 30 heavy (non-hydrogen) atoms. The topological polar surface area (TPSA) is 201 Å². The molecule has 162 valence electrons. The van der Waals surface area contributed by atoms with Crippen LogP contribution in [0.15, 0.2) is 16.2 Å². The molecule has 2 aromatic rings. The third-order valence-electron chi connectivity index (χ3n) is 4.34. The highest BCUT2D eigenvalue weighted by Gasteiger charge is 2.22. The molecule has 1 amide bonds. The normalized spacial score (nSPS) is 11.7. The van der Waals surface area contributed by atoms with Crippen molar-refractivity contribution in [3.8, 4) is 0 Å². The van der Waals surface area contributed by atoms with Gasteiger partial charge in [0, 0.05) is 6.42 Å². The summed E-state index contributed by atoms with van der Waals surface area (Å²) in [5, 5.41) is 22.0. The molecule has 0 bridgehead atoms. The minimum atomic E-state index is -1.28. The number of rotatable bonds is 11. The summed E-state index contributed by atoms with van der Waals surface area (Å²) in [5.74, 6) is -2.89. The number of amides is 1. The number of H-pyrrole nitrogens is 1. The van der Waals surface area contributed by atoms with Crippen LogP contribution in [0.4, 0.5) is 11.8 Å². The number of nitrogens with zero attached hydrogens (tertiary/aromatic N) is 1. The maximum Gasteiger partial charge on any atom is 0.326 e. The Bertz CT molecular complexity index is 986. The number of aryl methyl sites for hydroxylation is 1. The van der Waals surface area contributed by atoms with Crippen LogP contribution >= 0.6 is 11.3 Å². The van der Waals surface area contributed by atoms with Crippen molar-refractivity contribution in [3.63, 3.8) is 0 Å². The number of thiophene rings is 1. The van der Waals surface area contributed by atoms with Gasteiger partial charge in [-0.25, -0.2) is 4.79 Å². The van der Waals surface area contributed by atoms with Crippen molar-refractivity contribution in [3.05, 3.63) is 37.8 Å². The Morgan fingerprint density at radius 3 is 2.53 bits per heavy atom. The van der Waals surface area contributed by atoms with Crippen molar-refractivity contribution in [1.82, 2.24) is 15.3 Å². The lowest BCUT2D eigenvalue weighted by Gasteiger charge is -2.12. The minimum Gasteiger partial charge on any atom is -0.481 e. The molecule has 0 saturated carbocycles. The highest BCUT2D eigenvalue weighted by atomic mass is 32.1. The van der Waals surface area contributed by atoms with Crippen molar-refractivity contribution in [2.75, 3.05) is 11.5 Å². The quantitative estimate of drug-likeness (QED) is 0.272. The van der Waals surface area contributed by atoms with E-state index in [1.807, 2.05) is 0 Å². The summed E-state index contributed by atoms with van der Waals surface area (Å²) < 4.78 is 0. The molecule has 1 atom stereocenters. The van der Waals surface area contributed by atoms with E-state index in [4.69, 9.17) is 21.7 Å². The van der Waals surface area contributed by atoms with Crippen LogP contribution in [0.5, 0.6) is 0 Å². The molecule has 0 aliphatic carbocycles. The van der Waals surface area contributed by atoms with Crippen LogP contribution < -0.4 is 22.3 Å². The highest BCUT2D eigenvalue weighted by molar-refractivity contribution is 7.12. The van der Waals surface area contributed by atoms with E-state index in [1.54, 1.807) is 11.4 Å². The Morgan fingerprint density at radius 2 is 1.90 bits per heavy atom. The SMILES string of the molecule is Nc1nc(N)c(CCCCc2csc(C(=O)N[C@@H](CCC(=O)O)C(=O)O)c2)c(=O)[nH]1. The Balaban J connectivity index is 1.86. The first-order chi connectivity index (χ1) is 14.2. The Hall–Kier alpha value is -3.41. The van der Waals surface area contributed by atoms with E-state index in [-0.39, 0.29) is 30.2 Å². The van der Waals surface area contributed by atoms with Crippen molar-refractivity contribution in [1.29, 1.82) is 0 Å². The zero-order chi connectivity index (χ0) is 22.3. The summed E-state index contributed by atoms with van der Waals surface area (Å²) in [6.07, 6.45) is 1.95. The number of hydrogen-bond acceptors (Lipinski definition) is 8.